The topological polar surface area (TPSA) is 34.2 Å². The molecule has 1 aromatic heterocycles. The van der Waals surface area contributed by atoms with Crippen LogP contribution in [0.25, 0.3) is 0 Å². The van der Waals surface area contributed by atoms with Gasteiger partial charge in [0, 0.05) is 22.8 Å². The van der Waals surface area contributed by atoms with Crippen molar-refractivity contribution < 1.29 is 9.13 Å². The summed E-state index contributed by atoms with van der Waals surface area (Å²) in [5.74, 6) is -0.195. The second-order valence-electron chi connectivity index (χ2n) is 4.05. The third-order valence-corrected chi connectivity index (χ3v) is 3.39. The van der Waals surface area contributed by atoms with E-state index in [9.17, 15) is 4.39 Å². The number of pyridine rings is 1. The molecule has 0 aliphatic heterocycles. The average molecular weight is 360 g/mol. The molecule has 0 fully saturated rings. The zero-order valence-corrected chi connectivity index (χ0v) is 13.1. The van der Waals surface area contributed by atoms with Gasteiger partial charge >= 0.3 is 0 Å². The highest BCUT2D eigenvalue weighted by Gasteiger charge is 2.13. The van der Waals surface area contributed by atoms with Crippen molar-refractivity contribution in [3.63, 3.8) is 0 Å². The van der Waals surface area contributed by atoms with Crippen LogP contribution < -0.4 is 10.1 Å². The van der Waals surface area contributed by atoms with Crippen molar-refractivity contribution in [3.8, 4) is 11.6 Å². The summed E-state index contributed by atoms with van der Waals surface area (Å²) in [5.41, 5.74) is 0.505. The minimum atomic E-state index is -0.479. The Kier molecular flexibility index (Phi) is 5.34. The van der Waals surface area contributed by atoms with Gasteiger partial charge in [0.2, 0.25) is 0 Å². The van der Waals surface area contributed by atoms with E-state index in [1.54, 1.807) is 24.3 Å². The van der Waals surface area contributed by atoms with Crippen LogP contribution in [-0.4, -0.2) is 11.5 Å². The average Bonchev–Trinajstić information content (AvgIpc) is 2.42. The first-order valence-corrected chi connectivity index (χ1v) is 7.26. The van der Waals surface area contributed by atoms with Crippen molar-refractivity contribution in [1.29, 1.82) is 0 Å². The van der Waals surface area contributed by atoms with Crippen LogP contribution in [0.15, 0.2) is 34.9 Å². The number of hydrogen-bond donors (Lipinski definition) is 1. The Morgan fingerprint density at radius 1 is 1.40 bits per heavy atom. The van der Waals surface area contributed by atoms with Crippen LogP contribution in [0.1, 0.15) is 12.5 Å². The van der Waals surface area contributed by atoms with Crippen LogP contribution in [-0.2, 0) is 6.54 Å². The second kappa shape index (κ2) is 7.02. The molecule has 106 valence electrons. The molecule has 2 aromatic rings. The summed E-state index contributed by atoms with van der Waals surface area (Å²) in [6.45, 7) is 3.14. The SMILES string of the molecule is CCNCc1ccnc(Oc2ccc(Br)cc2Cl)c1F. The first-order valence-electron chi connectivity index (χ1n) is 6.08. The molecule has 3 nitrogen and oxygen atoms in total. The molecule has 0 aliphatic carbocycles. The molecular formula is C14H13BrClFN2O. The molecule has 2 rings (SSSR count). The first kappa shape index (κ1) is 15.2. The summed E-state index contributed by atoms with van der Waals surface area (Å²) in [4.78, 5) is 3.91. The van der Waals surface area contributed by atoms with Crippen LogP contribution in [0.5, 0.6) is 11.6 Å². The largest absolute Gasteiger partial charge is 0.435 e. The van der Waals surface area contributed by atoms with Gasteiger partial charge in [-0.25, -0.2) is 9.37 Å². The van der Waals surface area contributed by atoms with Crippen molar-refractivity contribution in [2.45, 2.75) is 13.5 Å². The van der Waals surface area contributed by atoms with Crippen molar-refractivity contribution >= 4 is 27.5 Å². The van der Waals surface area contributed by atoms with E-state index in [4.69, 9.17) is 16.3 Å². The highest BCUT2D eigenvalue weighted by Crippen LogP contribution is 2.32. The summed E-state index contributed by atoms with van der Waals surface area (Å²) in [7, 11) is 0. The van der Waals surface area contributed by atoms with E-state index in [2.05, 4.69) is 26.2 Å². The zero-order chi connectivity index (χ0) is 14.5. The first-order chi connectivity index (χ1) is 9.61. The summed E-state index contributed by atoms with van der Waals surface area (Å²) in [5, 5.41) is 3.45. The molecule has 6 heteroatoms. The lowest BCUT2D eigenvalue weighted by atomic mass is 10.2. The molecule has 0 atom stereocenters. The van der Waals surface area contributed by atoms with Gasteiger partial charge in [0.1, 0.15) is 5.75 Å². The number of halogens is 3. The molecule has 20 heavy (non-hydrogen) atoms. The molecule has 0 bridgehead atoms. The molecule has 0 saturated carbocycles. The van der Waals surface area contributed by atoms with Crippen molar-refractivity contribution in [2.24, 2.45) is 0 Å². The van der Waals surface area contributed by atoms with E-state index in [1.165, 1.54) is 6.20 Å². The van der Waals surface area contributed by atoms with Crippen molar-refractivity contribution in [2.75, 3.05) is 6.54 Å². The number of benzene rings is 1. The number of ether oxygens (including phenoxy) is 1. The normalized spacial score (nSPS) is 10.6. The Morgan fingerprint density at radius 3 is 2.90 bits per heavy atom. The number of nitrogens with one attached hydrogen (secondary N) is 1. The minimum Gasteiger partial charge on any atom is -0.435 e. The molecule has 1 heterocycles. The minimum absolute atomic E-state index is 0.0791. The van der Waals surface area contributed by atoms with E-state index >= 15 is 0 Å². The summed E-state index contributed by atoms with van der Waals surface area (Å²) < 4.78 is 20.5. The van der Waals surface area contributed by atoms with E-state index in [0.717, 1.165) is 11.0 Å². The molecule has 0 saturated heterocycles. The molecule has 0 radical (unpaired) electrons. The number of hydrogen-bond acceptors (Lipinski definition) is 3. The quantitative estimate of drug-likeness (QED) is 0.851. The monoisotopic (exact) mass is 358 g/mol. The third kappa shape index (κ3) is 3.69. The summed E-state index contributed by atoms with van der Waals surface area (Å²) in [6.07, 6.45) is 1.51. The van der Waals surface area contributed by atoms with Gasteiger partial charge < -0.3 is 10.1 Å². The highest BCUT2D eigenvalue weighted by atomic mass is 79.9. The summed E-state index contributed by atoms with van der Waals surface area (Å²) >= 11 is 9.34. The van der Waals surface area contributed by atoms with Gasteiger partial charge in [-0.3, -0.25) is 0 Å². The lowest BCUT2D eigenvalue weighted by Gasteiger charge is -2.10. The Labute approximate surface area is 130 Å². The predicted molar refractivity (Wildman–Crippen MR) is 80.8 cm³/mol. The van der Waals surface area contributed by atoms with Gasteiger partial charge in [-0.1, -0.05) is 34.5 Å². The molecule has 0 aliphatic rings. The number of rotatable bonds is 5. The molecule has 0 unspecified atom stereocenters. The smallest absolute Gasteiger partial charge is 0.256 e. The maximum Gasteiger partial charge on any atom is 0.256 e. The van der Waals surface area contributed by atoms with Gasteiger partial charge in [-0.15, -0.1) is 0 Å². The van der Waals surface area contributed by atoms with Gasteiger partial charge in [0.15, 0.2) is 5.82 Å². The lowest BCUT2D eigenvalue weighted by molar-refractivity contribution is 0.417. The maximum atomic E-state index is 14.2. The van der Waals surface area contributed by atoms with Crippen LogP contribution in [0.3, 0.4) is 0 Å². The van der Waals surface area contributed by atoms with E-state index in [-0.39, 0.29) is 5.88 Å². The van der Waals surface area contributed by atoms with Crippen LogP contribution in [0, 0.1) is 5.82 Å². The molecule has 1 aromatic carbocycles. The molecular weight excluding hydrogens is 347 g/mol. The van der Waals surface area contributed by atoms with Gasteiger partial charge in [-0.2, -0.15) is 0 Å². The van der Waals surface area contributed by atoms with E-state index < -0.39 is 5.82 Å². The van der Waals surface area contributed by atoms with Crippen LogP contribution in [0.4, 0.5) is 4.39 Å². The maximum absolute atomic E-state index is 14.2. The Bertz CT molecular complexity index is 610. The standard InChI is InChI=1S/C14H13BrClFN2O/c1-2-18-8-9-5-6-19-14(13(9)17)20-12-4-3-10(15)7-11(12)16/h3-7,18H,2,8H2,1H3. The van der Waals surface area contributed by atoms with Gasteiger partial charge in [-0.05, 0) is 30.8 Å². The molecule has 0 amide bonds. The fourth-order valence-corrected chi connectivity index (χ4v) is 2.30. The Morgan fingerprint density at radius 2 is 2.20 bits per heavy atom. The number of aromatic nitrogens is 1. The zero-order valence-electron chi connectivity index (χ0n) is 10.8. The molecule has 0 spiro atoms. The van der Waals surface area contributed by atoms with Gasteiger partial charge in [0.25, 0.3) is 5.88 Å². The van der Waals surface area contributed by atoms with Crippen molar-refractivity contribution in [3.05, 3.63) is 51.3 Å². The predicted octanol–water partition coefficient (Wildman–Crippen LogP) is 4.54. The second-order valence-corrected chi connectivity index (χ2v) is 5.37. The van der Waals surface area contributed by atoms with Gasteiger partial charge in [0.05, 0.1) is 5.02 Å². The fraction of sp³-hybridized carbons (Fsp3) is 0.214. The van der Waals surface area contributed by atoms with E-state index in [0.29, 0.717) is 22.9 Å². The lowest BCUT2D eigenvalue weighted by Crippen LogP contribution is -2.13. The fourth-order valence-electron chi connectivity index (χ4n) is 1.59. The molecule has 1 N–H and O–H groups in total. The Hall–Kier alpha value is -1.17. The van der Waals surface area contributed by atoms with E-state index in [1.807, 2.05) is 6.92 Å². The van der Waals surface area contributed by atoms with Crippen molar-refractivity contribution in [1.82, 2.24) is 10.3 Å². The van der Waals surface area contributed by atoms with Crippen LogP contribution in [0.2, 0.25) is 5.02 Å². The Balaban J connectivity index is 2.24. The third-order valence-electron chi connectivity index (χ3n) is 2.60. The van der Waals surface area contributed by atoms with Crippen LogP contribution >= 0.6 is 27.5 Å². The highest BCUT2D eigenvalue weighted by molar-refractivity contribution is 9.10. The number of nitrogens with zero attached hydrogens (tertiary/aromatic N) is 1. The summed E-state index contributed by atoms with van der Waals surface area (Å²) in [6, 6.07) is 6.72.